The van der Waals surface area contributed by atoms with Gasteiger partial charge in [0.25, 0.3) is 5.22 Å². The Hall–Kier alpha value is -0.490. The molecule has 0 unspecified atom stereocenters. The van der Waals surface area contributed by atoms with Gasteiger partial charge in [-0.1, -0.05) is 34.8 Å². The van der Waals surface area contributed by atoms with Crippen molar-refractivity contribution in [3.8, 4) is 0 Å². The number of rotatable bonds is 2. The van der Waals surface area contributed by atoms with E-state index in [0.717, 1.165) is 11.8 Å². The number of hydrogen-bond acceptors (Lipinski definition) is 5. The van der Waals surface area contributed by atoms with E-state index in [1.54, 1.807) is 6.92 Å². The summed E-state index contributed by atoms with van der Waals surface area (Å²) >= 11 is 18.6. The Kier molecular flexibility index (Phi) is 3.59. The second kappa shape index (κ2) is 4.79. The third-order valence-corrected chi connectivity index (χ3v) is 3.46. The summed E-state index contributed by atoms with van der Waals surface area (Å²) in [5.74, 6) is 0.471. The summed E-state index contributed by atoms with van der Waals surface area (Å²) in [5.41, 5.74) is 0. The maximum atomic E-state index is 5.94. The first-order valence-electron chi connectivity index (χ1n) is 4.06. The van der Waals surface area contributed by atoms with E-state index in [2.05, 4.69) is 15.2 Å². The van der Waals surface area contributed by atoms with Crippen LogP contribution in [0.3, 0.4) is 0 Å². The monoisotopic (exact) mass is 295 g/mol. The molecule has 0 amide bonds. The van der Waals surface area contributed by atoms with Crippen molar-refractivity contribution in [2.45, 2.75) is 17.2 Å². The quantitative estimate of drug-likeness (QED) is 0.787. The fourth-order valence-corrected chi connectivity index (χ4v) is 2.27. The highest BCUT2D eigenvalue weighted by Crippen LogP contribution is 2.34. The molecule has 2 heterocycles. The van der Waals surface area contributed by atoms with E-state index in [9.17, 15) is 0 Å². The van der Waals surface area contributed by atoms with Crippen LogP contribution in [0.2, 0.25) is 15.2 Å². The van der Waals surface area contributed by atoms with Crippen LogP contribution in [0, 0.1) is 6.92 Å². The lowest BCUT2D eigenvalue weighted by Crippen LogP contribution is -1.84. The molecule has 0 aliphatic heterocycles. The first-order chi connectivity index (χ1) is 7.56. The van der Waals surface area contributed by atoms with Gasteiger partial charge < -0.3 is 4.42 Å². The molecule has 2 rings (SSSR count). The zero-order valence-electron chi connectivity index (χ0n) is 7.87. The van der Waals surface area contributed by atoms with E-state index >= 15 is 0 Å². The molecule has 0 bridgehead atoms. The molecule has 0 aliphatic carbocycles. The van der Waals surface area contributed by atoms with Crippen LogP contribution in [0.1, 0.15) is 5.89 Å². The predicted octanol–water partition coefficient (Wildman–Crippen LogP) is 3.88. The summed E-state index contributed by atoms with van der Waals surface area (Å²) in [4.78, 5) is 4.01. The summed E-state index contributed by atoms with van der Waals surface area (Å²) in [7, 11) is 0. The fourth-order valence-electron chi connectivity index (χ4n) is 0.902. The molecule has 4 nitrogen and oxygen atoms in total. The average Bonchev–Trinajstić information content (AvgIpc) is 2.60. The molecule has 84 valence electrons. The largest absolute Gasteiger partial charge is 0.416 e. The van der Waals surface area contributed by atoms with Crippen molar-refractivity contribution in [1.82, 2.24) is 15.2 Å². The Balaban J connectivity index is 2.31. The minimum absolute atomic E-state index is 0.185. The number of aryl methyl sites for hydroxylation is 1. The zero-order valence-corrected chi connectivity index (χ0v) is 11.0. The Bertz CT molecular complexity index is 531. The van der Waals surface area contributed by atoms with Crippen molar-refractivity contribution in [3.05, 3.63) is 27.2 Å². The molecule has 2 aromatic heterocycles. The number of pyridine rings is 1. The normalized spacial score (nSPS) is 10.8. The Morgan fingerprint density at radius 2 is 1.94 bits per heavy atom. The summed E-state index contributed by atoms with van der Waals surface area (Å²) in [6.45, 7) is 1.70. The second-order valence-corrected chi connectivity index (χ2v) is 4.85. The van der Waals surface area contributed by atoms with Gasteiger partial charge in [0.05, 0.1) is 10.0 Å². The third-order valence-electron chi connectivity index (χ3n) is 1.55. The molecule has 16 heavy (non-hydrogen) atoms. The number of hydrogen-bond donors (Lipinski definition) is 0. The van der Waals surface area contributed by atoms with E-state index < -0.39 is 0 Å². The maximum Gasteiger partial charge on any atom is 0.282 e. The van der Waals surface area contributed by atoms with E-state index in [-0.39, 0.29) is 5.15 Å². The third kappa shape index (κ3) is 2.60. The van der Waals surface area contributed by atoms with E-state index in [1.807, 2.05) is 0 Å². The first kappa shape index (κ1) is 12.0. The van der Waals surface area contributed by atoms with E-state index in [0.29, 0.717) is 26.2 Å². The van der Waals surface area contributed by atoms with Crippen LogP contribution in [0.4, 0.5) is 0 Å². The highest BCUT2D eigenvalue weighted by molar-refractivity contribution is 7.99. The van der Waals surface area contributed by atoms with Crippen molar-refractivity contribution in [1.29, 1.82) is 0 Å². The zero-order chi connectivity index (χ0) is 11.7. The van der Waals surface area contributed by atoms with Crippen molar-refractivity contribution >= 4 is 46.6 Å². The molecule has 0 saturated carbocycles. The molecule has 0 fully saturated rings. The van der Waals surface area contributed by atoms with Gasteiger partial charge in [0.2, 0.25) is 5.89 Å². The van der Waals surface area contributed by atoms with Gasteiger partial charge in [0.1, 0.15) is 10.2 Å². The van der Waals surface area contributed by atoms with Gasteiger partial charge in [-0.15, -0.1) is 10.2 Å². The molecule has 2 aromatic rings. The molecule has 0 saturated heterocycles. The predicted molar refractivity (Wildman–Crippen MR) is 62.4 cm³/mol. The van der Waals surface area contributed by atoms with Crippen molar-refractivity contribution in [2.24, 2.45) is 0 Å². The van der Waals surface area contributed by atoms with Gasteiger partial charge in [0.15, 0.2) is 0 Å². The van der Waals surface area contributed by atoms with Crippen molar-refractivity contribution < 1.29 is 4.42 Å². The Morgan fingerprint density at radius 3 is 2.56 bits per heavy atom. The summed E-state index contributed by atoms with van der Waals surface area (Å²) in [6.07, 6.45) is 0. The van der Waals surface area contributed by atoms with Gasteiger partial charge in [0, 0.05) is 6.92 Å². The van der Waals surface area contributed by atoms with Gasteiger partial charge in [-0.05, 0) is 17.8 Å². The van der Waals surface area contributed by atoms with E-state index in [1.165, 1.54) is 6.07 Å². The maximum absolute atomic E-state index is 5.94. The van der Waals surface area contributed by atoms with Crippen LogP contribution in [-0.4, -0.2) is 15.2 Å². The standard InChI is InChI=1S/C8H4Cl3N3OS/c1-3-13-14-8(15-3)16-7-5(10)2-4(9)6(11)12-7/h2H,1H3. The Morgan fingerprint density at radius 1 is 1.19 bits per heavy atom. The Labute approximate surface area is 110 Å². The molecule has 0 spiro atoms. The second-order valence-electron chi connectivity index (χ2n) is 2.74. The minimum atomic E-state index is 0.185. The smallest absolute Gasteiger partial charge is 0.282 e. The minimum Gasteiger partial charge on any atom is -0.416 e. The molecular formula is C8H4Cl3N3OS. The molecular weight excluding hydrogens is 293 g/mol. The van der Waals surface area contributed by atoms with Gasteiger partial charge >= 0.3 is 0 Å². The summed E-state index contributed by atoms with van der Waals surface area (Å²) < 4.78 is 5.18. The SMILES string of the molecule is Cc1nnc(Sc2nc(Cl)c(Cl)cc2Cl)o1. The first-order valence-corrected chi connectivity index (χ1v) is 6.01. The number of nitrogens with zero attached hydrogens (tertiary/aromatic N) is 3. The lowest BCUT2D eigenvalue weighted by atomic mass is 10.5. The van der Waals surface area contributed by atoms with Crippen LogP contribution >= 0.6 is 46.6 Å². The molecule has 0 N–H and O–H groups in total. The molecule has 0 radical (unpaired) electrons. The molecule has 0 aromatic carbocycles. The van der Waals surface area contributed by atoms with Crippen LogP contribution in [0.25, 0.3) is 0 Å². The van der Waals surface area contributed by atoms with Crippen LogP contribution in [-0.2, 0) is 0 Å². The summed E-state index contributed by atoms with van der Waals surface area (Å²) in [5, 5.41) is 9.19. The van der Waals surface area contributed by atoms with E-state index in [4.69, 9.17) is 39.2 Å². The molecule has 8 heteroatoms. The van der Waals surface area contributed by atoms with Crippen LogP contribution < -0.4 is 0 Å². The highest BCUT2D eigenvalue weighted by atomic mass is 35.5. The average molecular weight is 297 g/mol. The van der Waals surface area contributed by atoms with Crippen LogP contribution in [0.15, 0.2) is 20.7 Å². The topological polar surface area (TPSA) is 51.8 Å². The lowest BCUT2D eigenvalue weighted by molar-refractivity contribution is 0.429. The number of halogens is 3. The van der Waals surface area contributed by atoms with Crippen molar-refractivity contribution in [2.75, 3.05) is 0 Å². The van der Waals surface area contributed by atoms with Gasteiger partial charge in [-0.2, -0.15) is 0 Å². The molecule has 0 aliphatic rings. The number of aromatic nitrogens is 3. The fraction of sp³-hybridized carbons (Fsp3) is 0.125. The van der Waals surface area contributed by atoms with Gasteiger partial charge in [-0.25, -0.2) is 4.98 Å². The highest BCUT2D eigenvalue weighted by Gasteiger charge is 2.12. The van der Waals surface area contributed by atoms with Gasteiger partial charge in [-0.3, -0.25) is 0 Å². The molecule has 0 atom stereocenters. The lowest BCUT2D eigenvalue weighted by Gasteiger charge is -2.01. The van der Waals surface area contributed by atoms with Crippen molar-refractivity contribution in [3.63, 3.8) is 0 Å². The van der Waals surface area contributed by atoms with Crippen LogP contribution in [0.5, 0.6) is 0 Å². The summed E-state index contributed by atoms with van der Waals surface area (Å²) in [6, 6.07) is 1.52.